The van der Waals surface area contributed by atoms with E-state index in [1.165, 1.54) is 173 Å². The van der Waals surface area contributed by atoms with Crippen molar-refractivity contribution in [1.29, 1.82) is 0 Å². The monoisotopic (exact) mass is 1300 g/mol. The smallest absolute Gasteiger partial charge is 0.220 e. The summed E-state index contributed by atoms with van der Waals surface area (Å²) in [6.07, 6.45) is 39.3. The van der Waals surface area contributed by atoms with Gasteiger partial charge in [0, 0.05) is 6.42 Å². The van der Waals surface area contributed by atoms with Gasteiger partial charge in [-0.1, -0.05) is 235 Å². The minimum absolute atomic E-state index is 0.232. The lowest BCUT2D eigenvalue weighted by Crippen LogP contribution is -2.66. The number of aliphatic hydroxyl groups is 11. The minimum atomic E-state index is -1.98. The zero-order chi connectivity index (χ0) is 66.1. The molecule has 19 heteroatoms. The highest BCUT2D eigenvalue weighted by Crippen LogP contribution is 2.33. The second kappa shape index (κ2) is 53.6. The summed E-state index contributed by atoms with van der Waals surface area (Å²) in [7, 11) is 0. The van der Waals surface area contributed by atoms with Gasteiger partial charge >= 0.3 is 0 Å². The lowest BCUT2D eigenvalue weighted by molar-refractivity contribution is -0.379. The highest BCUT2D eigenvalue weighted by atomic mass is 16.8. The van der Waals surface area contributed by atoms with E-state index in [4.69, 9.17) is 28.4 Å². The van der Waals surface area contributed by atoms with Crippen molar-refractivity contribution in [2.24, 2.45) is 0 Å². The van der Waals surface area contributed by atoms with Gasteiger partial charge in [0.1, 0.15) is 73.2 Å². The molecule has 0 aliphatic carbocycles. The molecule has 0 bridgehead atoms. The van der Waals surface area contributed by atoms with Gasteiger partial charge in [0.15, 0.2) is 18.9 Å². The number of amides is 1. The van der Waals surface area contributed by atoms with Gasteiger partial charge in [-0.25, -0.2) is 0 Å². The Morgan fingerprint density at radius 1 is 0.396 bits per heavy atom. The van der Waals surface area contributed by atoms with Gasteiger partial charge in [0.05, 0.1) is 38.6 Å². The Balaban J connectivity index is 1.38. The zero-order valence-electron chi connectivity index (χ0n) is 56.1. The molecule has 3 rings (SSSR count). The van der Waals surface area contributed by atoms with Crippen molar-refractivity contribution in [3.05, 3.63) is 60.8 Å². The summed E-state index contributed by atoms with van der Waals surface area (Å²) in [4.78, 5) is 13.4. The highest BCUT2D eigenvalue weighted by molar-refractivity contribution is 5.76. The van der Waals surface area contributed by atoms with Crippen LogP contribution in [-0.2, 0) is 33.2 Å². The van der Waals surface area contributed by atoms with E-state index >= 15 is 0 Å². The summed E-state index contributed by atoms with van der Waals surface area (Å²) in [5.74, 6) is -0.288. The van der Waals surface area contributed by atoms with Crippen molar-refractivity contribution >= 4 is 5.91 Å². The Bertz CT molecular complexity index is 1890. The molecule has 17 atom stereocenters. The van der Waals surface area contributed by atoms with E-state index in [9.17, 15) is 61.0 Å². The van der Waals surface area contributed by atoms with Gasteiger partial charge in [-0.05, 0) is 77.0 Å². The summed E-state index contributed by atoms with van der Waals surface area (Å²) in [5, 5.41) is 120. The molecule has 3 aliphatic heterocycles. The third-order valence-corrected chi connectivity index (χ3v) is 17.8. The third-order valence-electron chi connectivity index (χ3n) is 17.8. The molecule has 91 heavy (non-hydrogen) atoms. The van der Waals surface area contributed by atoms with Crippen LogP contribution in [0.2, 0.25) is 0 Å². The van der Waals surface area contributed by atoms with E-state index in [2.05, 4.69) is 67.8 Å². The Kier molecular flexibility index (Phi) is 48.7. The molecule has 19 nitrogen and oxygen atoms in total. The van der Waals surface area contributed by atoms with Gasteiger partial charge in [-0.15, -0.1) is 0 Å². The first-order chi connectivity index (χ1) is 44.3. The van der Waals surface area contributed by atoms with Crippen LogP contribution in [0, 0.1) is 0 Å². The number of rotatable bonds is 55. The fourth-order valence-corrected chi connectivity index (χ4v) is 11.9. The maximum absolute atomic E-state index is 13.4. The number of hydrogen-bond acceptors (Lipinski definition) is 18. The maximum atomic E-state index is 13.4. The molecule has 17 unspecified atom stereocenters. The SMILES string of the molecule is CCCCCCC/C=C\C/C=C\CCCCCCCCCCCCCCCCCCCCCC(=O)NC(COC1OC(CO)C(OC2OC(CO)C(OC3OC(CO)C(O)C(O)C3O)C(O)C2O)C(O)C1O)C(O)/C=C/CC/C=C/CC/C=C/CCCCCCC. The van der Waals surface area contributed by atoms with Crippen LogP contribution in [0.25, 0.3) is 0 Å². The average Bonchev–Trinajstić information content (AvgIpc) is 0.876. The number of ether oxygens (including phenoxy) is 6. The van der Waals surface area contributed by atoms with E-state index in [1.807, 2.05) is 6.08 Å². The molecule has 3 heterocycles. The first-order valence-electron chi connectivity index (χ1n) is 36.0. The van der Waals surface area contributed by atoms with Crippen LogP contribution in [0.1, 0.15) is 258 Å². The van der Waals surface area contributed by atoms with Crippen molar-refractivity contribution in [2.45, 2.75) is 362 Å². The van der Waals surface area contributed by atoms with Gasteiger partial charge in [-0.3, -0.25) is 4.79 Å². The van der Waals surface area contributed by atoms with Crippen LogP contribution < -0.4 is 5.32 Å². The number of aliphatic hydroxyl groups excluding tert-OH is 11. The van der Waals surface area contributed by atoms with Crippen LogP contribution >= 0.6 is 0 Å². The van der Waals surface area contributed by atoms with Crippen LogP contribution in [-0.4, -0.2) is 193 Å². The van der Waals surface area contributed by atoms with Gasteiger partial charge in [-0.2, -0.15) is 0 Å². The third kappa shape index (κ3) is 35.4. The Morgan fingerprint density at radius 2 is 0.736 bits per heavy atom. The quantitative estimate of drug-likeness (QED) is 0.0199. The van der Waals surface area contributed by atoms with Gasteiger partial charge < -0.3 is 89.9 Å². The molecule has 3 saturated heterocycles. The van der Waals surface area contributed by atoms with Crippen molar-refractivity contribution in [1.82, 2.24) is 5.32 Å². The minimum Gasteiger partial charge on any atom is -0.394 e. The molecule has 0 aromatic heterocycles. The van der Waals surface area contributed by atoms with Gasteiger partial charge in [0.25, 0.3) is 0 Å². The fourth-order valence-electron chi connectivity index (χ4n) is 11.9. The molecular formula is C72H129NO18. The fraction of sp³-hybridized carbons (Fsp3) is 0.847. The second-order valence-corrected chi connectivity index (χ2v) is 25.7. The van der Waals surface area contributed by atoms with Gasteiger partial charge in [0.2, 0.25) is 5.91 Å². The number of carbonyl (C=O) groups excluding carboxylic acids is 1. The van der Waals surface area contributed by atoms with Crippen LogP contribution in [0.4, 0.5) is 0 Å². The molecule has 0 radical (unpaired) electrons. The van der Waals surface area contributed by atoms with Crippen molar-refractivity contribution in [2.75, 3.05) is 26.4 Å². The molecule has 0 saturated carbocycles. The Hall–Kier alpha value is -2.51. The Morgan fingerprint density at radius 3 is 1.16 bits per heavy atom. The normalized spacial score (nSPS) is 28.2. The molecule has 0 spiro atoms. The number of nitrogens with one attached hydrogen (secondary N) is 1. The maximum Gasteiger partial charge on any atom is 0.220 e. The molecule has 3 aliphatic rings. The summed E-state index contributed by atoms with van der Waals surface area (Å²) in [6, 6.07) is -0.997. The van der Waals surface area contributed by atoms with Crippen molar-refractivity contribution in [3.63, 3.8) is 0 Å². The first kappa shape index (κ1) is 82.7. The number of allylic oxidation sites excluding steroid dienone is 9. The van der Waals surface area contributed by atoms with E-state index in [0.717, 1.165) is 51.4 Å². The lowest BCUT2D eigenvalue weighted by Gasteiger charge is -2.48. The standard InChI is InChI=1S/C72H129NO18/c1-3-5-7-9-11-13-15-17-19-20-21-22-23-24-25-26-27-28-29-30-31-32-33-34-36-38-40-42-44-46-48-50-60(78)73-55(56(77)49-47-45-43-41-39-37-35-18-16-14-12-10-8-6-4-2)54-86-70-66(84)63(81)68(58(52-75)88-70)91-72-67(85)64(82)69(59(53-76)89-72)90-71-65(83)62(80)61(79)57(51-74)87-71/h15-18,20-21,39,41,47,49,55-59,61-72,74-77,79-85H,3-14,19,22-38,40,42-46,48,50-54H2,1-2H3,(H,73,78)/b17-15-,18-16+,21-20-,41-39+,49-47+. The van der Waals surface area contributed by atoms with Crippen molar-refractivity contribution in [3.8, 4) is 0 Å². The predicted molar refractivity (Wildman–Crippen MR) is 355 cm³/mol. The van der Waals surface area contributed by atoms with E-state index < -0.39 is 124 Å². The second-order valence-electron chi connectivity index (χ2n) is 25.7. The predicted octanol–water partition coefficient (Wildman–Crippen LogP) is 9.94. The first-order valence-corrected chi connectivity index (χ1v) is 36.0. The molecular weight excluding hydrogens is 1170 g/mol. The number of hydrogen-bond donors (Lipinski definition) is 12. The summed E-state index contributed by atoms with van der Waals surface area (Å²) in [6.45, 7) is 1.69. The lowest BCUT2D eigenvalue weighted by atomic mass is 9.96. The highest BCUT2D eigenvalue weighted by Gasteiger charge is 2.53. The van der Waals surface area contributed by atoms with E-state index in [-0.39, 0.29) is 18.9 Å². The zero-order valence-corrected chi connectivity index (χ0v) is 56.1. The summed E-state index contributed by atoms with van der Waals surface area (Å²) in [5.41, 5.74) is 0. The largest absolute Gasteiger partial charge is 0.394 e. The molecule has 3 fully saturated rings. The molecule has 12 N–H and O–H groups in total. The topological polar surface area (TPSA) is 307 Å². The van der Waals surface area contributed by atoms with E-state index in [0.29, 0.717) is 12.8 Å². The van der Waals surface area contributed by atoms with Crippen LogP contribution in [0.5, 0.6) is 0 Å². The van der Waals surface area contributed by atoms with Crippen LogP contribution in [0.3, 0.4) is 0 Å². The number of carbonyl (C=O) groups is 1. The molecule has 0 aromatic carbocycles. The molecule has 1 amide bonds. The average molecular weight is 1300 g/mol. The van der Waals surface area contributed by atoms with Crippen molar-refractivity contribution < 1.29 is 89.4 Å². The summed E-state index contributed by atoms with van der Waals surface area (Å²) < 4.78 is 34.3. The molecule has 0 aromatic rings. The Labute approximate surface area is 547 Å². The molecule has 530 valence electrons. The van der Waals surface area contributed by atoms with E-state index in [1.54, 1.807) is 6.08 Å². The number of unbranched alkanes of at least 4 members (excludes halogenated alkanes) is 31. The summed E-state index contributed by atoms with van der Waals surface area (Å²) >= 11 is 0. The van der Waals surface area contributed by atoms with Crippen LogP contribution in [0.15, 0.2) is 60.8 Å².